The number of carbonyl (C=O) groups is 7. The van der Waals surface area contributed by atoms with Crippen molar-refractivity contribution >= 4 is 69.9 Å². The first kappa shape index (κ1) is 50.4. The zero-order valence-corrected chi connectivity index (χ0v) is 36.9. The molecular formula is C42H62IN7O9. The van der Waals surface area contributed by atoms with Crippen molar-refractivity contribution in [2.45, 2.75) is 130 Å². The molecule has 2 aromatic rings. The first-order chi connectivity index (χ1) is 28.0. The van der Waals surface area contributed by atoms with E-state index in [9.17, 15) is 38.7 Å². The number of rotatable bonds is 27. The minimum Gasteiger partial charge on any atom is -0.480 e. The number of carboxylic acids is 1. The van der Waals surface area contributed by atoms with Gasteiger partial charge in [0.25, 0.3) is 5.91 Å². The molecule has 2 aromatic carbocycles. The molecule has 0 bridgehead atoms. The number of urea groups is 1. The molecule has 3 atom stereocenters. The summed E-state index contributed by atoms with van der Waals surface area (Å²) in [4.78, 5) is 88.5. The van der Waals surface area contributed by atoms with Gasteiger partial charge in [-0.3, -0.25) is 24.0 Å². The fourth-order valence-corrected chi connectivity index (χ4v) is 6.37. The second-order valence-corrected chi connectivity index (χ2v) is 16.2. The number of ether oxygens (including phenoxy) is 1. The second-order valence-electron chi connectivity index (χ2n) is 15.0. The Morgan fingerprint density at radius 1 is 0.797 bits per heavy atom. The molecule has 0 unspecified atom stereocenters. The SMILES string of the molecule is CCC(=O)OCc1ccc(NC(=O)[C@H](CCCNC(N)=O)NC(=O)[C@@H](NC(C)C)C(C)C)cc1C(=O)N[C@@H](CCCCNC(=O)CCCCc1ccc(I)cc1)C(=O)O. The Labute approximate surface area is 360 Å². The van der Waals surface area contributed by atoms with E-state index in [4.69, 9.17) is 10.5 Å². The number of halogens is 1. The van der Waals surface area contributed by atoms with Gasteiger partial charge in [0.2, 0.25) is 17.7 Å². The van der Waals surface area contributed by atoms with Gasteiger partial charge in [-0.05, 0) is 110 Å². The number of esters is 1. The van der Waals surface area contributed by atoms with Crippen LogP contribution in [0.15, 0.2) is 42.5 Å². The normalized spacial score (nSPS) is 12.5. The van der Waals surface area contributed by atoms with Crippen molar-refractivity contribution in [3.8, 4) is 0 Å². The van der Waals surface area contributed by atoms with Crippen molar-refractivity contribution in [1.82, 2.24) is 26.6 Å². The van der Waals surface area contributed by atoms with Crippen molar-refractivity contribution in [3.63, 3.8) is 0 Å². The van der Waals surface area contributed by atoms with Crippen molar-refractivity contribution < 1.29 is 43.4 Å². The number of aliphatic carboxylic acids is 1. The molecule has 326 valence electrons. The predicted molar refractivity (Wildman–Crippen MR) is 233 cm³/mol. The third-order valence-corrected chi connectivity index (χ3v) is 9.96. The number of primary amides is 1. The third-order valence-electron chi connectivity index (χ3n) is 9.24. The lowest BCUT2D eigenvalue weighted by molar-refractivity contribution is -0.144. The number of amides is 6. The highest BCUT2D eigenvalue weighted by Crippen LogP contribution is 2.20. The summed E-state index contributed by atoms with van der Waals surface area (Å²) >= 11 is 2.26. The van der Waals surface area contributed by atoms with Gasteiger partial charge < -0.3 is 47.5 Å². The molecule has 9 N–H and O–H groups in total. The molecule has 17 heteroatoms. The number of nitrogens with two attached hydrogens (primary N) is 1. The Morgan fingerprint density at radius 3 is 2.10 bits per heavy atom. The summed E-state index contributed by atoms with van der Waals surface area (Å²) in [6, 6.07) is 8.97. The average molecular weight is 936 g/mol. The molecule has 0 aliphatic heterocycles. The van der Waals surface area contributed by atoms with Crippen molar-refractivity contribution in [1.29, 1.82) is 0 Å². The van der Waals surface area contributed by atoms with Crippen LogP contribution in [0, 0.1) is 9.49 Å². The van der Waals surface area contributed by atoms with Crippen LogP contribution in [0.5, 0.6) is 0 Å². The molecule has 59 heavy (non-hydrogen) atoms. The van der Waals surface area contributed by atoms with E-state index in [1.165, 1.54) is 27.3 Å². The molecule has 0 aliphatic carbocycles. The van der Waals surface area contributed by atoms with E-state index in [2.05, 4.69) is 78.8 Å². The van der Waals surface area contributed by atoms with Crippen LogP contribution in [-0.2, 0) is 41.7 Å². The van der Waals surface area contributed by atoms with Gasteiger partial charge in [-0.2, -0.15) is 0 Å². The van der Waals surface area contributed by atoms with E-state index < -0.39 is 53.8 Å². The maximum absolute atomic E-state index is 13.7. The summed E-state index contributed by atoms with van der Waals surface area (Å²) in [7, 11) is 0. The molecule has 0 heterocycles. The second kappa shape index (κ2) is 27.1. The summed E-state index contributed by atoms with van der Waals surface area (Å²) in [6.07, 6.45) is 4.44. The summed E-state index contributed by atoms with van der Waals surface area (Å²) in [6.45, 7) is 9.42. The molecule has 0 radical (unpaired) electrons. The molecule has 16 nitrogen and oxygen atoms in total. The van der Waals surface area contributed by atoms with E-state index in [-0.39, 0.29) is 67.1 Å². The topological polar surface area (TPSA) is 247 Å². The lowest BCUT2D eigenvalue weighted by atomic mass is 10.0. The smallest absolute Gasteiger partial charge is 0.326 e. The first-order valence-corrected chi connectivity index (χ1v) is 21.3. The molecular weight excluding hydrogens is 873 g/mol. The number of carboxylic acid groups (broad SMARTS) is 1. The largest absolute Gasteiger partial charge is 0.480 e. The van der Waals surface area contributed by atoms with Crippen LogP contribution in [0.3, 0.4) is 0 Å². The summed E-state index contributed by atoms with van der Waals surface area (Å²) < 4.78 is 6.45. The van der Waals surface area contributed by atoms with Crippen molar-refractivity contribution in [3.05, 3.63) is 62.7 Å². The highest BCUT2D eigenvalue weighted by atomic mass is 127. The quantitative estimate of drug-likeness (QED) is 0.0354. The van der Waals surface area contributed by atoms with E-state index in [1.54, 1.807) is 6.92 Å². The Balaban J connectivity index is 2.11. The summed E-state index contributed by atoms with van der Waals surface area (Å²) in [5.41, 5.74) is 6.82. The maximum Gasteiger partial charge on any atom is 0.326 e. The number of nitrogens with one attached hydrogen (secondary N) is 6. The first-order valence-electron chi connectivity index (χ1n) is 20.2. The fourth-order valence-electron chi connectivity index (χ4n) is 6.01. The van der Waals surface area contributed by atoms with Gasteiger partial charge in [0, 0.05) is 52.4 Å². The van der Waals surface area contributed by atoms with Crippen LogP contribution in [0.25, 0.3) is 0 Å². The molecule has 0 fully saturated rings. The van der Waals surface area contributed by atoms with Crippen LogP contribution in [0.4, 0.5) is 10.5 Å². The minimum absolute atomic E-state index is 0.0108. The lowest BCUT2D eigenvalue weighted by Crippen LogP contribution is -2.54. The maximum atomic E-state index is 13.7. The van der Waals surface area contributed by atoms with E-state index >= 15 is 0 Å². The minimum atomic E-state index is -1.27. The highest BCUT2D eigenvalue weighted by Gasteiger charge is 2.29. The zero-order valence-electron chi connectivity index (χ0n) is 34.8. The van der Waals surface area contributed by atoms with Gasteiger partial charge in [0.05, 0.1) is 6.04 Å². The van der Waals surface area contributed by atoms with Gasteiger partial charge in [0.1, 0.15) is 18.7 Å². The third kappa shape index (κ3) is 20.2. The Morgan fingerprint density at radius 2 is 1.47 bits per heavy atom. The van der Waals surface area contributed by atoms with Crippen LogP contribution < -0.4 is 37.6 Å². The number of anilines is 1. The predicted octanol–water partition coefficient (Wildman–Crippen LogP) is 4.52. The number of hydrogen-bond donors (Lipinski definition) is 8. The van der Waals surface area contributed by atoms with E-state index in [0.29, 0.717) is 32.2 Å². The molecule has 0 aliphatic rings. The molecule has 0 saturated heterocycles. The molecule has 2 rings (SSSR count). The van der Waals surface area contributed by atoms with E-state index in [0.717, 1.165) is 19.3 Å². The number of unbranched alkanes of at least 4 members (excludes halogenated alkanes) is 2. The van der Waals surface area contributed by atoms with Gasteiger partial charge in [-0.15, -0.1) is 0 Å². The van der Waals surface area contributed by atoms with Crippen molar-refractivity contribution in [2.24, 2.45) is 11.7 Å². The number of benzene rings is 2. The van der Waals surface area contributed by atoms with E-state index in [1.807, 2.05) is 27.7 Å². The van der Waals surface area contributed by atoms with Gasteiger partial charge >= 0.3 is 18.0 Å². The fraction of sp³-hybridized carbons (Fsp3) is 0.548. The monoisotopic (exact) mass is 935 g/mol. The lowest BCUT2D eigenvalue weighted by Gasteiger charge is -2.27. The number of aryl methyl sites for hydroxylation is 1. The van der Waals surface area contributed by atoms with Crippen LogP contribution in [0.2, 0.25) is 0 Å². The van der Waals surface area contributed by atoms with Crippen LogP contribution in [-0.4, -0.2) is 84.0 Å². The molecule has 0 aromatic heterocycles. The van der Waals surface area contributed by atoms with Crippen molar-refractivity contribution in [2.75, 3.05) is 18.4 Å². The Kier molecular flexibility index (Phi) is 23.1. The number of hydrogen-bond acceptors (Lipinski definition) is 9. The zero-order chi connectivity index (χ0) is 43.9. The average Bonchev–Trinajstić information content (AvgIpc) is 3.18. The standard InChI is InChI=1S/C42H62IN7O9/c1-6-36(52)59-25-29-18-21-31(48-39(54)33(14-11-23-46-42(44)58)49-40(55)37(26(2)3)47-27(4)5)24-32(29)38(53)50-34(41(56)57)13-9-10-22-45-35(51)15-8-7-12-28-16-19-30(43)20-17-28/h16-21,24,26-27,33-34,37,47H,6-15,22-23,25H2,1-5H3,(H,45,51)(H,48,54)(H,49,55)(H,50,53)(H,56,57)(H3,44,46,58)/t33-,34-,37-/m0/s1. The van der Waals surface area contributed by atoms with Gasteiger partial charge in [-0.1, -0.05) is 52.8 Å². The summed E-state index contributed by atoms with van der Waals surface area (Å²) in [5, 5.41) is 26.6. The summed E-state index contributed by atoms with van der Waals surface area (Å²) in [5.74, 6) is -3.70. The Bertz CT molecular complexity index is 1710. The number of carbonyl (C=O) groups excluding carboxylic acids is 6. The molecule has 0 spiro atoms. The molecule has 6 amide bonds. The van der Waals surface area contributed by atoms with Crippen LogP contribution >= 0.6 is 22.6 Å². The van der Waals surface area contributed by atoms with Gasteiger partial charge in [0.15, 0.2) is 0 Å². The van der Waals surface area contributed by atoms with Crippen LogP contribution in [0.1, 0.15) is 114 Å². The Hall–Kier alpha value is -4.78. The molecule has 0 saturated carbocycles. The van der Waals surface area contributed by atoms with Gasteiger partial charge in [-0.25, -0.2) is 9.59 Å². The highest BCUT2D eigenvalue weighted by molar-refractivity contribution is 14.1.